The van der Waals surface area contributed by atoms with Gasteiger partial charge in [-0.2, -0.15) is 0 Å². The van der Waals surface area contributed by atoms with Crippen LogP contribution in [0.25, 0.3) is 60.2 Å². The molecular weight excluding hydrogens is 524 g/mol. The topological polar surface area (TPSA) is 21.3 Å². The van der Waals surface area contributed by atoms with Crippen LogP contribution in [0.2, 0.25) is 0 Å². The molecule has 0 aliphatic carbocycles. The van der Waals surface area contributed by atoms with Gasteiger partial charge in [-0.05, 0) is 83.6 Å². The van der Waals surface area contributed by atoms with Crippen molar-refractivity contribution in [2.45, 2.75) is 0 Å². The van der Waals surface area contributed by atoms with E-state index in [1.807, 2.05) is 12.1 Å². The van der Waals surface area contributed by atoms with Crippen molar-refractivity contribution in [2.75, 3.05) is 4.90 Å². The van der Waals surface area contributed by atoms with Gasteiger partial charge in [-0.15, -0.1) is 0 Å². The van der Waals surface area contributed by atoms with Gasteiger partial charge in [0, 0.05) is 33.2 Å². The number of fused-ring (bicyclic) bond motifs is 7. The summed E-state index contributed by atoms with van der Waals surface area (Å²) < 4.78 is 8.65. The highest BCUT2D eigenvalue weighted by molar-refractivity contribution is 6.14. The number of hydrogen-bond acceptors (Lipinski definition) is 2. The van der Waals surface area contributed by atoms with Crippen LogP contribution in [0.5, 0.6) is 0 Å². The zero-order chi connectivity index (χ0) is 28.3. The van der Waals surface area contributed by atoms with Crippen LogP contribution in [0.3, 0.4) is 0 Å². The summed E-state index contributed by atoms with van der Waals surface area (Å²) in [4.78, 5) is 2.33. The largest absolute Gasteiger partial charge is 0.456 e. The Hall–Kier alpha value is -5.80. The van der Waals surface area contributed by atoms with Gasteiger partial charge in [0.25, 0.3) is 0 Å². The molecule has 0 fully saturated rings. The average molecular weight is 551 g/mol. The summed E-state index contributed by atoms with van der Waals surface area (Å²) in [6.07, 6.45) is 0. The number of nitrogens with zero attached hydrogens (tertiary/aromatic N) is 2. The highest BCUT2D eigenvalue weighted by Gasteiger charge is 2.20. The van der Waals surface area contributed by atoms with Crippen molar-refractivity contribution in [3.63, 3.8) is 0 Å². The van der Waals surface area contributed by atoms with E-state index in [9.17, 15) is 0 Å². The summed E-state index contributed by atoms with van der Waals surface area (Å²) in [7, 11) is 0. The molecule has 0 spiro atoms. The molecule has 202 valence electrons. The third kappa shape index (κ3) is 3.68. The maximum absolute atomic E-state index is 6.27. The van der Waals surface area contributed by atoms with Crippen LogP contribution in [-0.4, -0.2) is 4.57 Å². The van der Waals surface area contributed by atoms with Crippen LogP contribution < -0.4 is 4.90 Å². The number of benzene rings is 7. The third-order valence-corrected chi connectivity index (χ3v) is 8.54. The summed E-state index contributed by atoms with van der Waals surface area (Å²) in [5.41, 5.74) is 8.59. The van der Waals surface area contributed by atoms with Gasteiger partial charge in [0.1, 0.15) is 11.2 Å². The molecule has 3 heteroatoms. The van der Waals surface area contributed by atoms with Crippen molar-refractivity contribution >= 4 is 71.6 Å². The number of aromatic nitrogens is 1. The van der Waals surface area contributed by atoms with E-state index >= 15 is 0 Å². The lowest BCUT2D eigenvalue weighted by Crippen LogP contribution is -2.10. The van der Waals surface area contributed by atoms with Gasteiger partial charge in [0.05, 0.1) is 22.1 Å². The Bertz CT molecular complexity index is 2450. The Morgan fingerprint density at radius 2 is 1.09 bits per heavy atom. The third-order valence-electron chi connectivity index (χ3n) is 8.54. The SMILES string of the molecule is c1ccc(N(c2ccc(-n3c4ccccc4c4cc5ccccc5cc43)cc2)c2cccc3oc4ccccc4c23)cc1. The molecule has 0 saturated carbocycles. The summed E-state index contributed by atoms with van der Waals surface area (Å²) in [6, 6.07) is 56.0. The number of para-hydroxylation sites is 3. The molecule has 7 aromatic carbocycles. The van der Waals surface area contributed by atoms with E-state index in [4.69, 9.17) is 4.42 Å². The molecule has 0 unspecified atom stereocenters. The summed E-state index contributed by atoms with van der Waals surface area (Å²) in [5, 5.41) is 7.25. The normalized spacial score (nSPS) is 11.7. The molecule has 9 rings (SSSR count). The van der Waals surface area contributed by atoms with Gasteiger partial charge in [0.2, 0.25) is 0 Å². The molecule has 0 atom stereocenters. The predicted octanol–water partition coefficient (Wildman–Crippen LogP) is 11.3. The molecule has 0 saturated heterocycles. The summed E-state index contributed by atoms with van der Waals surface area (Å²) >= 11 is 0. The zero-order valence-corrected chi connectivity index (χ0v) is 23.3. The smallest absolute Gasteiger partial charge is 0.137 e. The van der Waals surface area contributed by atoms with E-state index in [2.05, 4.69) is 155 Å². The highest BCUT2D eigenvalue weighted by Crippen LogP contribution is 2.43. The first-order chi connectivity index (χ1) is 21.3. The van der Waals surface area contributed by atoms with E-state index in [-0.39, 0.29) is 0 Å². The van der Waals surface area contributed by atoms with Crippen LogP contribution >= 0.6 is 0 Å². The Kier molecular flexibility index (Phi) is 5.20. The van der Waals surface area contributed by atoms with Gasteiger partial charge in [-0.1, -0.05) is 84.9 Å². The van der Waals surface area contributed by atoms with E-state index in [1.54, 1.807) is 0 Å². The lowest BCUT2D eigenvalue weighted by Gasteiger charge is -2.26. The maximum atomic E-state index is 6.27. The van der Waals surface area contributed by atoms with Gasteiger partial charge in [-0.25, -0.2) is 0 Å². The Balaban J connectivity index is 1.25. The minimum absolute atomic E-state index is 0.883. The first kappa shape index (κ1) is 23.9. The van der Waals surface area contributed by atoms with Crippen molar-refractivity contribution in [1.29, 1.82) is 0 Å². The average Bonchev–Trinajstić information content (AvgIpc) is 3.61. The van der Waals surface area contributed by atoms with Crippen molar-refractivity contribution < 1.29 is 4.42 Å². The molecule has 0 N–H and O–H groups in total. The maximum Gasteiger partial charge on any atom is 0.137 e. The Labute approximate surface area is 248 Å². The molecule has 0 aliphatic rings. The van der Waals surface area contributed by atoms with E-state index < -0.39 is 0 Å². The van der Waals surface area contributed by atoms with Gasteiger partial charge >= 0.3 is 0 Å². The number of anilines is 3. The number of hydrogen-bond donors (Lipinski definition) is 0. The standard InChI is InChI=1S/C40H26N2O/c1-2-13-29(14-3-1)41(36-18-10-20-39-40(36)33-16-7-9-19-38(33)43-39)30-21-23-31(24-22-30)42-35-17-8-6-15-32(35)34-25-27-11-4-5-12-28(27)26-37(34)42/h1-26H. The Morgan fingerprint density at radius 3 is 1.93 bits per heavy atom. The highest BCUT2D eigenvalue weighted by atomic mass is 16.3. The van der Waals surface area contributed by atoms with Crippen molar-refractivity contribution in [1.82, 2.24) is 4.57 Å². The molecule has 3 nitrogen and oxygen atoms in total. The molecular formula is C40H26N2O. The van der Waals surface area contributed by atoms with Crippen LogP contribution in [0.4, 0.5) is 17.1 Å². The number of furan rings is 1. The molecule has 0 bridgehead atoms. The minimum atomic E-state index is 0.883. The minimum Gasteiger partial charge on any atom is -0.456 e. The molecule has 2 aromatic heterocycles. The van der Waals surface area contributed by atoms with E-state index in [1.165, 1.54) is 32.6 Å². The van der Waals surface area contributed by atoms with Crippen LogP contribution in [0.15, 0.2) is 162 Å². The monoisotopic (exact) mass is 550 g/mol. The first-order valence-corrected chi connectivity index (χ1v) is 14.6. The van der Waals surface area contributed by atoms with E-state index in [0.29, 0.717) is 0 Å². The molecule has 0 amide bonds. The van der Waals surface area contributed by atoms with Crippen molar-refractivity contribution in [3.8, 4) is 5.69 Å². The molecule has 2 heterocycles. The fourth-order valence-corrected chi connectivity index (χ4v) is 6.63. The van der Waals surface area contributed by atoms with Crippen LogP contribution in [0, 0.1) is 0 Å². The van der Waals surface area contributed by atoms with E-state index in [0.717, 1.165) is 44.7 Å². The first-order valence-electron chi connectivity index (χ1n) is 14.6. The molecule has 9 aromatic rings. The summed E-state index contributed by atoms with van der Waals surface area (Å²) in [5.74, 6) is 0. The van der Waals surface area contributed by atoms with Crippen molar-refractivity contribution in [3.05, 3.63) is 158 Å². The Morgan fingerprint density at radius 1 is 0.442 bits per heavy atom. The van der Waals surface area contributed by atoms with Gasteiger partial charge < -0.3 is 13.9 Å². The fourth-order valence-electron chi connectivity index (χ4n) is 6.63. The van der Waals surface area contributed by atoms with Gasteiger partial charge in [-0.3, -0.25) is 0 Å². The van der Waals surface area contributed by atoms with Crippen LogP contribution in [-0.2, 0) is 0 Å². The second-order valence-electron chi connectivity index (χ2n) is 11.0. The summed E-state index contributed by atoms with van der Waals surface area (Å²) in [6.45, 7) is 0. The molecule has 0 aliphatic heterocycles. The quantitative estimate of drug-likeness (QED) is 0.217. The second-order valence-corrected chi connectivity index (χ2v) is 11.0. The second kappa shape index (κ2) is 9.37. The lowest BCUT2D eigenvalue weighted by molar-refractivity contribution is 0.669. The number of rotatable bonds is 4. The van der Waals surface area contributed by atoms with Crippen molar-refractivity contribution in [2.24, 2.45) is 0 Å². The molecule has 43 heavy (non-hydrogen) atoms. The zero-order valence-electron chi connectivity index (χ0n) is 23.3. The predicted molar refractivity (Wildman–Crippen MR) is 180 cm³/mol. The van der Waals surface area contributed by atoms with Crippen LogP contribution in [0.1, 0.15) is 0 Å². The lowest BCUT2D eigenvalue weighted by atomic mass is 10.1. The fraction of sp³-hybridized carbons (Fsp3) is 0. The molecule has 0 radical (unpaired) electrons. The van der Waals surface area contributed by atoms with Gasteiger partial charge in [0.15, 0.2) is 0 Å².